The van der Waals surface area contributed by atoms with E-state index in [9.17, 15) is 14.6 Å². The van der Waals surface area contributed by atoms with Crippen LogP contribution in [0.15, 0.2) is 22.5 Å². The van der Waals surface area contributed by atoms with E-state index in [1.807, 2.05) is 6.07 Å². The molecule has 5 heteroatoms. The molecule has 2 fully saturated rings. The van der Waals surface area contributed by atoms with Gasteiger partial charge in [0.25, 0.3) is 0 Å². The van der Waals surface area contributed by atoms with Crippen LogP contribution in [-0.4, -0.2) is 5.78 Å². The summed E-state index contributed by atoms with van der Waals surface area (Å²) in [5.74, 6) is 1.77. The molecular formula is C18H20N2O3. The normalized spacial score (nSPS) is 35.2. The Kier molecular flexibility index (Phi) is 3.22. The number of rotatable bonds is 2. The predicted molar refractivity (Wildman–Crippen MR) is 87.0 cm³/mol. The first kappa shape index (κ1) is 14.7. The molecule has 4 atom stereocenters. The second-order valence-electron chi connectivity index (χ2n) is 7.52. The van der Waals surface area contributed by atoms with Crippen molar-refractivity contribution < 1.29 is 4.79 Å². The van der Waals surface area contributed by atoms with Gasteiger partial charge in [-0.25, -0.2) is 0 Å². The van der Waals surface area contributed by atoms with Gasteiger partial charge in [-0.05, 0) is 77.4 Å². The van der Waals surface area contributed by atoms with E-state index >= 15 is 0 Å². The maximum Gasteiger partial charge on any atom is 0.140 e. The molecule has 0 saturated heterocycles. The Morgan fingerprint density at radius 1 is 1.09 bits per heavy atom. The highest BCUT2D eigenvalue weighted by molar-refractivity contribution is 5.87. The molecule has 2 saturated carbocycles. The number of Topliss-reactive ketones (excluding diaryl/α,β-unsaturated/α-hetero) is 1. The Labute approximate surface area is 134 Å². The van der Waals surface area contributed by atoms with E-state index in [2.05, 4.69) is 17.3 Å². The van der Waals surface area contributed by atoms with E-state index in [0.717, 1.165) is 43.2 Å². The van der Waals surface area contributed by atoms with Gasteiger partial charge in [-0.2, -0.15) is 0 Å². The lowest BCUT2D eigenvalue weighted by Gasteiger charge is -2.48. The van der Waals surface area contributed by atoms with Gasteiger partial charge < -0.3 is 0 Å². The van der Waals surface area contributed by atoms with E-state index in [1.54, 1.807) is 6.07 Å². The maximum absolute atomic E-state index is 12.3. The predicted octanol–water partition coefficient (Wildman–Crippen LogP) is 4.91. The molecule has 0 N–H and O–H groups in total. The van der Waals surface area contributed by atoms with Crippen LogP contribution in [0.4, 0.5) is 11.4 Å². The zero-order valence-electron chi connectivity index (χ0n) is 13.2. The van der Waals surface area contributed by atoms with Crippen LogP contribution >= 0.6 is 0 Å². The zero-order valence-corrected chi connectivity index (χ0v) is 13.2. The minimum atomic E-state index is -0.144. The van der Waals surface area contributed by atoms with E-state index in [0.29, 0.717) is 30.0 Å². The minimum absolute atomic E-state index is 0.144. The van der Waals surface area contributed by atoms with Crippen molar-refractivity contribution in [3.8, 4) is 0 Å². The van der Waals surface area contributed by atoms with Crippen LogP contribution < -0.4 is 0 Å². The van der Waals surface area contributed by atoms with Crippen molar-refractivity contribution in [3.05, 3.63) is 33.1 Å². The van der Waals surface area contributed by atoms with Crippen LogP contribution in [0.1, 0.15) is 56.1 Å². The third kappa shape index (κ3) is 1.88. The third-order valence-corrected chi connectivity index (χ3v) is 6.76. The quantitative estimate of drug-likeness (QED) is 0.728. The molecule has 120 valence electrons. The second-order valence-corrected chi connectivity index (χ2v) is 7.52. The topological polar surface area (TPSA) is 75.9 Å². The summed E-state index contributed by atoms with van der Waals surface area (Å²) in [7, 11) is 0. The fourth-order valence-electron chi connectivity index (χ4n) is 5.58. The fraction of sp³-hybridized carbons (Fsp3) is 0.611. The molecule has 0 amide bonds. The summed E-state index contributed by atoms with van der Waals surface area (Å²) in [6.45, 7) is 2.15. The minimum Gasteiger partial charge on any atom is -0.299 e. The Balaban J connectivity index is 1.77. The van der Waals surface area contributed by atoms with Gasteiger partial charge in [-0.15, -0.1) is 9.81 Å². The Morgan fingerprint density at radius 2 is 1.91 bits per heavy atom. The molecule has 1 aromatic rings. The number of carbonyl (C=O) groups excluding carboxylic acids is 1. The fourth-order valence-corrected chi connectivity index (χ4v) is 5.58. The summed E-state index contributed by atoms with van der Waals surface area (Å²) in [5.41, 5.74) is 2.30. The summed E-state index contributed by atoms with van der Waals surface area (Å²) < 4.78 is 0. The molecule has 0 radical (unpaired) electrons. The molecule has 1 aromatic carbocycles. The van der Waals surface area contributed by atoms with E-state index in [-0.39, 0.29) is 16.8 Å². The number of benzene rings is 1. The first-order valence-electron chi connectivity index (χ1n) is 8.46. The van der Waals surface area contributed by atoms with Gasteiger partial charge in [-0.3, -0.25) is 4.79 Å². The lowest BCUT2D eigenvalue weighted by atomic mass is 9.55. The van der Waals surface area contributed by atoms with Crippen molar-refractivity contribution in [2.75, 3.05) is 0 Å². The van der Waals surface area contributed by atoms with Crippen molar-refractivity contribution in [1.82, 2.24) is 0 Å². The molecule has 0 heterocycles. The zero-order chi connectivity index (χ0) is 16.2. The molecule has 0 bridgehead atoms. The van der Waals surface area contributed by atoms with Gasteiger partial charge in [0.05, 0.1) is 0 Å². The van der Waals surface area contributed by atoms with Crippen LogP contribution in [0.3, 0.4) is 0 Å². The summed E-state index contributed by atoms with van der Waals surface area (Å²) in [4.78, 5) is 34.4. The number of nitrogens with zero attached hydrogens (tertiary/aromatic N) is 2. The molecule has 0 aromatic heterocycles. The molecule has 23 heavy (non-hydrogen) atoms. The van der Waals surface area contributed by atoms with Gasteiger partial charge >= 0.3 is 0 Å². The van der Waals surface area contributed by atoms with Gasteiger partial charge in [0, 0.05) is 11.8 Å². The lowest BCUT2D eigenvalue weighted by molar-refractivity contribution is -0.129. The van der Waals surface area contributed by atoms with Crippen molar-refractivity contribution in [2.24, 2.45) is 27.6 Å². The number of fused-ring (bicyclic) bond motifs is 5. The average Bonchev–Trinajstić information content (AvgIpc) is 2.88. The summed E-state index contributed by atoms with van der Waals surface area (Å²) in [6, 6.07) is 3.58. The Morgan fingerprint density at radius 3 is 2.65 bits per heavy atom. The lowest BCUT2D eigenvalue weighted by Crippen LogP contribution is -2.42. The molecule has 3 aliphatic carbocycles. The van der Waals surface area contributed by atoms with Crippen molar-refractivity contribution in [2.45, 2.75) is 51.4 Å². The molecule has 3 aliphatic rings. The molecule has 5 nitrogen and oxygen atoms in total. The van der Waals surface area contributed by atoms with Crippen molar-refractivity contribution in [3.63, 3.8) is 0 Å². The smallest absolute Gasteiger partial charge is 0.140 e. The largest absolute Gasteiger partial charge is 0.299 e. The summed E-state index contributed by atoms with van der Waals surface area (Å²) in [5, 5.41) is 6.03. The van der Waals surface area contributed by atoms with Crippen molar-refractivity contribution >= 4 is 17.2 Å². The number of nitroso groups, excluding NO2 is 2. The van der Waals surface area contributed by atoms with Crippen LogP contribution in [0.25, 0.3) is 0 Å². The van der Waals surface area contributed by atoms with Crippen LogP contribution in [0.2, 0.25) is 0 Å². The maximum atomic E-state index is 12.3. The van der Waals surface area contributed by atoms with Gasteiger partial charge in [0.2, 0.25) is 0 Å². The highest BCUT2D eigenvalue weighted by atomic mass is 16.3. The first-order valence-corrected chi connectivity index (χ1v) is 8.46. The molecule has 0 spiro atoms. The molecule has 4 rings (SSSR count). The van der Waals surface area contributed by atoms with E-state index in [1.165, 1.54) is 0 Å². The summed E-state index contributed by atoms with van der Waals surface area (Å²) >= 11 is 0. The number of carbonyl (C=O) groups is 1. The highest BCUT2D eigenvalue weighted by Crippen LogP contribution is 2.60. The SMILES string of the molecule is CC12CCC3c4ccc(N=O)c(N=O)c4CCC3C1CCC2=O. The molecule has 4 unspecified atom stereocenters. The molecular weight excluding hydrogens is 292 g/mol. The number of hydrogen-bond donors (Lipinski definition) is 0. The van der Waals surface area contributed by atoms with Crippen LogP contribution in [0.5, 0.6) is 0 Å². The van der Waals surface area contributed by atoms with Gasteiger partial charge in [0.1, 0.15) is 17.2 Å². The average molecular weight is 312 g/mol. The number of hydrogen-bond acceptors (Lipinski definition) is 5. The monoisotopic (exact) mass is 312 g/mol. The second kappa shape index (κ2) is 5.05. The van der Waals surface area contributed by atoms with E-state index < -0.39 is 0 Å². The summed E-state index contributed by atoms with van der Waals surface area (Å²) in [6.07, 6.45) is 5.33. The highest BCUT2D eigenvalue weighted by Gasteiger charge is 2.54. The third-order valence-electron chi connectivity index (χ3n) is 6.76. The standard InChI is InChI=1S/C18H20N2O3/c1-18-9-8-11-10-4-6-15(19-22)17(20-23)13(10)3-2-12(11)14(18)5-7-16(18)21/h4,6,11-12,14H,2-3,5,7-9H2,1H3. The van der Waals surface area contributed by atoms with Crippen LogP contribution in [-0.2, 0) is 11.2 Å². The number of ketones is 1. The van der Waals surface area contributed by atoms with Gasteiger partial charge in [-0.1, -0.05) is 13.0 Å². The Hall–Kier alpha value is -1.91. The molecule has 0 aliphatic heterocycles. The van der Waals surface area contributed by atoms with E-state index in [4.69, 9.17) is 0 Å². The Bertz CT molecular complexity index is 714. The first-order chi connectivity index (χ1) is 11.1. The van der Waals surface area contributed by atoms with Gasteiger partial charge in [0.15, 0.2) is 0 Å². The van der Waals surface area contributed by atoms with Crippen molar-refractivity contribution in [1.29, 1.82) is 0 Å². The van der Waals surface area contributed by atoms with Crippen LogP contribution in [0, 0.1) is 27.1 Å².